The summed E-state index contributed by atoms with van der Waals surface area (Å²) in [6.45, 7) is 6.45. The van der Waals surface area contributed by atoms with Crippen molar-refractivity contribution in [3.8, 4) is 0 Å². The Morgan fingerprint density at radius 1 is 1.06 bits per heavy atom. The van der Waals surface area contributed by atoms with Gasteiger partial charge in [-0.25, -0.2) is 9.59 Å². The van der Waals surface area contributed by atoms with Gasteiger partial charge in [-0.05, 0) is 79.3 Å². The van der Waals surface area contributed by atoms with Gasteiger partial charge in [0.15, 0.2) is 0 Å². The van der Waals surface area contributed by atoms with Gasteiger partial charge in [0, 0.05) is 5.39 Å². The van der Waals surface area contributed by atoms with Gasteiger partial charge in [-0.15, -0.1) is 0 Å². The lowest BCUT2D eigenvalue weighted by Gasteiger charge is -2.14. The minimum absolute atomic E-state index is 0.143. The molecule has 2 aromatic heterocycles. The van der Waals surface area contributed by atoms with E-state index in [9.17, 15) is 14.7 Å². The minimum Gasteiger partial charge on any atom is -0.478 e. The molecule has 0 saturated carbocycles. The Morgan fingerprint density at radius 2 is 1.82 bits per heavy atom. The number of benzene rings is 3. The van der Waals surface area contributed by atoms with E-state index in [0.717, 1.165) is 37.9 Å². The highest BCUT2D eigenvalue weighted by Crippen LogP contribution is 2.29. The Kier molecular flexibility index (Phi) is 5.13. The molecule has 0 amide bonds. The maximum Gasteiger partial charge on any atom is 0.335 e. The predicted octanol–water partition coefficient (Wildman–Crippen LogP) is 5.39. The lowest BCUT2D eigenvalue weighted by atomic mass is 10.0. The lowest BCUT2D eigenvalue weighted by molar-refractivity contribution is 0.0696. The fourth-order valence-corrected chi connectivity index (χ4v) is 5.58. The lowest BCUT2D eigenvalue weighted by Crippen LogP contribution is -2.27. The standard InChI is InChI=1S/C26H23N3O3S/c1-15-11-16(2)24-20(27-33-23(24)12-15)14-28-21-9-4-5-10-22(21)29(26(28)32)17(3)18-7-6-8-19(13-18)25(30)31/h4-13,17H,14H2,1-3H3,(H,30,31). The fraction of sp³-hybridized carbons (Fsp3) is 0.192. The van der Waals surface area contributed by atoms with Crippen LogP contribution in [0.15, 0.2) is 65.5 Å². The summed E-state index contributed by atoms with van der Waals surface area (Å²) in [5, 5.41) is 10.5. The number of carboxylic acid groups (broad SMARTS) is 1. The predicted molar refractivity (Wildman–Crippen MR) is 132 cm³/mol. The van der Waals surface area contributed by atoms with E-state index >= 15 is 0 Å². The molecule has 1 unspecified atom stereocenters. The molecule has 0 saturated heterocycles. The second kappa shape index (κ2) is 8.01. The molecule has 5 rings (SSSR count). The zero-order chi connectivity index (χ0) is 23.3. The van der Waals surface area contributed by atoms with Crippen molar-refractivity contribution in [2.24, 2.45) is 0 Å². The Balaban J connectivity index is 1.66. The van der Waals surface area contributed by atoms with Crippen molar-refractivity contribution in [2.45, 2.75) is 33.4 Å². The van der Waals surface area contributed by atoms with Crippen LogP contribution >= 0.6 is 11.5 Å². The number of carbonyl (C=O) groups is 1. The molecule has 0 radical (unpaired) electrons. The Hall–Kier alpha value is -3.71. The highest BCUT2D eigenvalue weighted by atomic mass is 32.1. The van der Waals surface area contributed by atoms with Crippen LogP contribution in [0.4, 0.5) is 0 Å². The van der Waals surface area contributed by atoms with Gasteiger partial charge >= 0.3 is 11.7 Å². The highest BCUT2D eigenvalue weighted by molar-refractivity contribution is 7.13. The molecule has 33 heavy (non-hydrogen) atoms. The SMILES string of the molecule is Cc1cc(C)c2c(Cn3c(=O)n(C(C)c4cccc(C(=O)O)c4)c4ccccc43)nsc2c1. The Labute approximate surface area is 194 Å². The zero-order valence-electron chi connectivity index (χ0n) is 18.6. The third-order valence-electron chi connectivity index (χ3n) is 6.17. The van der Waals surface area contributed by atoms with Crippen molar-refractivity contribution in [3.05, 3.63) is 99.1 Å². The number of aryl methyl sites for hydroxylation is 2. The molecule has 7 heteroatoms. The molecule has 3 aromatic carbocycles. The van der Waals surface area contributed by atoms with E-state index in [2.05, 4.69) is 26.0 Å². The van der Waals surface area contributed by atoms with Gasteiger partial charge in [-0.1, -0.05) is 30.3 Å². The summed E-state index contributed by atoms with van der Waals surface area (Å²) in [6.07, 6.45) is 0. The first-order valence-electron chi connectivity index (χ1n) is 10.7. The Bertz CT molecular complexity index is 1590. The second-order valence-electron chi connectivity index (χ2n) is 8.42. The molecule has 1 N–H and O–H groups in total. The van der Waals surface area contributed by atoms with E-state index in [1.165, 1.54) is 17.1 Å². The summed E-state index contributed by atoms with van der Waals surface area (Å²) in [6, 6.07) is 18.4. The van der Waals surface area contributed by atoms with Gasteiger partial charge in [0.2, 0.25) is 0 Å². The summed E-state index contributed by atoms with van der Waals surface area (Å²) in [5.41, 5.74) is 5.71. The van der Waals surface area contributed by atoms with Crippen LogP contribution in [0.5, 0.6) is 0 Å². The second-order valence-corrected chi connectivity index (χ2v) is 9.22. The van der Waals surface area contributed by atoms with Gasteiger partial charge in [0.1, 0.15) is 0 Å². The Morgan fingerprint density at radius 3 is 2.58 bits per heavy atom. The molecule has 0 aliphatic carbocycles. The average molecular weight is 458 g/mol. The number of carboxylic acids is 1. The molecule has 2 heterocycles. The van der Waals surface area contributed by atoms with E-state index in [0.29, 0.717) is 6.54 Å². The number of para-hydroxylation sites is 2. The van der Waals surface area contributed by atoms with Gasteiger partial charge in [-0.2, -0.15) is 4.37 Å². The topological polar surface area (TPSA) is 77.1 Å². The van der Waals surface area contributed by atoms with Crippen molar-refractivity contribution in [1.82, 2.24) is 13.5 Å². The first-order chi connectivity index (χ1) is 15.8. The smallest absolute Gasteiger partial charge is 0.335 e. The van der Waals surface area contributed by atoms with Gasteiger partial charge in [0.05, 0.1) is 39.6 Å². The van der Waals surface area contributed by atoms with E-state index in [1.807, 2.05) is 37.3 Å². The fourth-order valence-electron chi connectivity index (χ4n) is 4.62. The van der Waals surface area contributed by atoms with Crippen LogP contribution in [0, 0.1) is 13.8 Å². The maximum atomic E-state index is 13.7. The summed E-state index contributed by atoms with van der Waals surface area (Å²) < 4.78 is 9.32. The molecule has 0 aliphatic rings. The van der Waals surface area contributed by atoms with Crippen LogP contribution in [0.2, 0.25) is 0 Å². The summed E-state index contributed by atoms with van der Waals surface area (Å²) in [5.74, 6) is -0.986. The zero-order valence-corrected chi connectivity index (χ0v) is 19.4. The first-order valence-corrected chi connectivity index (χ1v) is 11.5. The molecule has 1 atom stereocenters. The third kappa shape index (κ3) is 3.54. The first kappa shape index (κ1) is 21.2. The number of nitrogens with zero attached hydrogens (tertiary/aromatic N) is 3. The van der Waals surface area contributed by atoms with Crippen molar-refractivity contribution in [2.75, 3.05) is 0 Å². The van der Waals surface area contributed by atoms with E-state index in [1.54, 1.807) is 27.3 Å². The van der Waals surface area contributed by atoms with Gasteiger partial charge in [0.25, 0.3) is 0 Å². The number of aromatic nitrogens is 3. The number of fused-ring (bicyclic) bond motifs is 2. The molecule has 5 aromatic rings. The molecular weight excluding hydrogens is 434 g/mol. The van der Waals surface area contributed by atoms with Crippen molar-refractivity contribution >= 4 is 38.6 Å². The average Bonchev–Trinajstić information content (AvgIpc) is 3.32. The quantitative estimate of drug-likeness (QED) is 0.384. The van der Waals surface area contributed by atoms with Crippen LogP contribution in [-0.2, 0) is 6.54 Å². The van der Waals surface area contributed by atoms with Crippen LogP contribution in [0.25, 0.3) is 21.1 Å². The van der Waals surface area contributed by atoms with Crippen LogP contribution in [-0.4, -0.2) is 24.6 Å². The molecule has 6 nitrogen and oxygen atoms in total. The highest BCUT2D eigenvalue weighted by Gasteiger charge is 2.21. The number of imidazole rings is 1. The van der Waals surface area contributed by atoms with Gasteiger partial charge in [-0.3, -0.25) is 9.13 Å². The number of hydrogen-bond acceptors (Lipinski definition) is 4. The number of hydrogen-bond donors (Lipinski definition) is 1. The van der Waals surface area contributed by atoms with E-state index in [4.69, 9.17) is 4.37 Å². The third-order valence-corrected chi connectivity index (χ3v) is 7.00. The molecule has 0 aliphatic heterocycles. The summed E-state index contributed by atoms with van der Waals surface area (Å²) >= 11 is 1.46. The van der Waals surface area contributed by atoms with Crippen LogP contribution in [0.1, 0.15) is 45.7 Å². The van der Waals surface area contributed by atoms with Crippen molar-refractivity contribution < 1.29 is 9.90 Å². The normalized spacial score (nSPS) is 12.5. The molecule has 0 spiro atoms. The number of aromatic carboxylic acids is 1. The van der Waals surface area contributed by atoms with Gasteiger partial charge < -0.3 is 5.11 Å². The van der Waals surface area contributed by atoms with Crippen molar-refractivity contribution in [1.29, 1.82) is 0 Å². The van der Waals surface area contributed by atoms with E-state index in [-0.39, 0.29) is 17.3 Å². The van der Waals surface area contributed by atoms with Crippen LogP contribution in [0.3, 0.4) is 0 Å². The monoisotopic (exact) mass is 457 g/mol. The molecular formula is C26H23N3O3S. The summed E-state index contributed by atoms with van der Waals surface area (Å²) in [7, 11) is 0. The minimum atomic E-state index is -0.986. The molecule has 0 fully saturated rings. The summed E-state index contributed by atoms with van der Waals surface area (Å²) in [4.78, 5) is 25.2. The van der Waals surface area contributed by atoms with Crippen molar-refractivity contribution in [3.63, 3.8) is 0 Å². The molecule has 166 valence electrons. The molecule has 0 bridgehead atoms. The van der Waals surface area contributed by atoms with E-state index < -0.39 is 5.97 Å². The van der Waals surface area contributed by atoms with Crippen LogP contribution < -0.4 is 5.69 Å². The largest absolute Gasteiger partial charge is 0.478 e. The maximum absolute atomic E-state index is 13.7. The number of rotatable bonds is 5.